The third-order valence-electron chi connectivity index (χ3n) is 3.02. The molecule has 0 aromatic carbocycles. The molecule has 66 valence electrons. The van der Waals surface area contributed by atoms with E-state index in [1.54, 1.807) is 0 Å². The first kappa shape index (κ1) is 9.30. The van der Waals surface area contributed by atoms with Crippen LogP contribution in [0.25, 0.3) is 0 Å². The van der Waals surface area contributed by atoms with Crippen molar-refractivity contribution in [2.75, 3.05) is 6.54 Å². The molecule has 1 saturated heterocycles. The summed E-state index contributed by atoms with van der Waals surface area (Å²) in [6.45, 7) is 1.11. The van der Waals surface area contributed by atoms with Crippen molar-refractivity contribution < 1.29 is 5.11 Å². The van der Waals surface area contributed by atoms with Crippen molar-refractivity contribution in [3.63, 3.8) is 0 Å². The Morgan fingerprint density at radius 1 is 1.27 bits per heavy atom. The second-order valence-corrected chi connectivity index (χ2v) is 3.59. The number of nitrogens with one attached hydrogen (secondary N) is 1. The Hall–Kier alpha value is 0.210. The Balaban J connectivity index is 0.000000605. The van der Waals surface area contributed by atoms with Crippen LogP contribution in [0.15, 0.2) is 0 Å². The van der Waals surface area contributed by atoms with Gasteiger partial charge in [0.1, 0.15) is 0 Å². The molecular weight excluding hydrogens is 162 g/mol. The maximum Gasteiger partial charge on any atom is 0.0721 e. The number of aliphatic hydroxyl groups excluding tert-OH is 1. The average molecular weight is 178 g/mol. The van der Waals surface area contributed by atoms with E-state index in [1.807, 2.05) is 0 Å². The van der Waals surface area contributed by atoms with E-state index in [9.17, 15) is 5.11 Å². The van der Waals surface area contributed by atoms with Crippen LogP contribution in [0.1, 0.15) is 32.1 Å². The molecule has 1 aliphatic heterocycles. The van der Waals surface area contributed by atoms with Crippen LogP contribution in [0.2, 0.25) is 0 Å². The molecule has 2 aliphatic rings. The van der Waals surface area contributed by atoms with Gasteiger partial charge in [-0.15, -0.1) is 12.4 Å². The van der Waals surface area contributed by atoms with Crippen LogP contribution in [0.4, 0.5) is 0 Å². The lowest BCUT2D eigenvalue weighted by molar-refractivity contribution is 0.0976. The molecule has 2 fully saturated rings. The lowest BCUT2D eigenvalue weighted by atomic mass is 9.94. The van der Waals surface area contributed by atoms with Crippen molar-refractivity contribution in [2.24, 2.45) is 0 Å². The first-order valence-corrected chi connectivity index (χ1v) is 4.27. The van der Waals surface area contributed by atoms with Gasteiger partial charge in [0.05, 0.1) is 6.10 Å². The minimum atomic E-state index is -0.0602. The summed E-state index contributed by atoms with van der Waals surface area (Å²) in [5.74, 6) is 0. The summed E-state index contributed by atoms with van der Waals surface area (Å²) in [5.41, 5.74) is 0.153. The van der Waals surface area contributed by atoms with Crippen LogP contribution in [0.5, 0.6) is 0 Å². The van der Waals surface area contributed by atoms with Gasteiger partial charge in [0, 0.05) is 5.54 Å². The Morgan fingerprint density at radius 2 is 2.00 bits per heavy atom. The highest BCUT2D eigenvalue weighted by Crippen LogP contribution is 2.36. The number of hydrogen-bond acceptors (Lipinski definition) is 2. The zero-order chi connectivity index (χ0) is 7.03. The molecule has 2 nitrogen and oxygen atoms in total. The summed E-state index contributed by atoms with van der Waals surface area (Å²) in [6, 6.07) is 0. The van der Waals surface area contributed by atoms with E-state index in [0.29, 0.717) is 0 Å². The third kappa shape index (κ3) is 1.40. The van der Waals surface area contributed by atoms with Gasteiger partial charge in [0.2, 0.25) is 0 Å². The number of rotatable bonds is 0. The van der Waals surface area contributed by atoms with E-state index < -0.39 is 0 Å². The minimum absolute atomic E-state index is 0. The molecule has 1 aliphatic carbocycles. The lowest BCUT2D eigenvalue weighted by Crippen LogP contribution is -2.46. The molecule has 11 heavy (non-hydrogen) atoms. The van der Waals surface area contributed by atoms with Crippen molar-refractivity contribution in [1.29, 1.82) is 0 Å². The Bertz CT molecular complexity index is 129. The highest BCUT2D eigenvalue weighted by molar-refractivity contribution is 5.85. The maximum atomic E-state index is 9.62. The fourth-order valence-corrected chi connectivity index (χ4v) is 2.38. The van der Waals surface area contributed by atoms with Gasteiger partial charge in [-0.2, -0.15) is 0 Å². The topological polar surface area (TPSA) is 32.3 Å². The molecule has 3 heteroatoms. The SMILES string of the molecule is Cl.O[C@@H]1CCC[C@@]12CCCN2. The van der Waals surface area contributed by atoms with Gasteiger partial charge >= 0.3 is 0 Å². The zero-order valence-electron chi connectivity index (χ0n) is 6.68. The lowest BCUT2D eigenvalue weighted by Gasteiger charge is -2.27. The van der Waals surface area contributed by atoms with Crippen LogP contribution < -0.4 is 5.32 Å². The predicted octanol–water partition coefficient (Wildman–Crippen LogP) is 1.08. The first-order valence-electron chi connectivity index (χ1n) is 4.27. The Kier molecular flexibility index (Phi) is 2.79. The van der Waals surface area contributed by atoms with Gasteiger partial charge < -0.3 is 10.4 Å². The van der Waals surface area contributed by atoms with Crippen LogP contribution in [0, 0.1) is 0 Å². The van der Waals surface area contributed by atoms with E-state index in [4.69, 9.17) is 0 Å². The van der Waals surface area contributed by atoms with E-state index in [0.717, 1.165) is 13.0 Å². The Labute approximate surface area is 73.8 Å². The van der Waals surface area contributed by atoms with Gasteiger partial charge in [-0.25, -0.2) is 0 Å². The third-order valence-corrected chi connectivity index (χ3v) is 3.02. The second kappa shape index (κ2) is 3.30. The molecule has 0 radical (unpaired) electrons. The van der Waals surface area contributed by atoms with Crippen molar-refractivity contribution in [3.8, 4) is 0 Å². The standard InChI is InChI=1S/C8H15NO.ClH/c10-7-3-1-4-8(7)5-2-6-9-8;/h7,9-10H,1-6H2;1H/t7-,8-;/m1./s1. The monoisotopic (exact) mass is 177 g/mol. The van der Waals surface area contributed by atoms with Crippen molar-refractivity contribution >= 4 is 12.4 Å². The maximum absolute atomic E-state index is 9.62. The molecule has 2 N–H and O–H groups in total. The largest absolute Gasteiger partial charge is 0.391 e. The molecule has 2 atom stereocenters. The summed E-state index contributed by atoms with van der Waals surface area (Å²) in [6.07, 6.45) is 5.77. The summed E-state index contributed by atoms with van der Waals surface area (Å²) < 4.78 is 0. The molecule has 1 heterocycles. The smallest absolute Gasteiger partial charge is 0.0721 e. The predicted molar refractivity (Wildman–Crippen MR) is 47.1 cm³/mol. The van der Waals surface area contributed by atoms with Crippen molar-refractivity contribution in [3.05, 3.63) is 0 Å². The van der Waals surface area contributed by atoms with Crippen molar-refractivity contribution in [2.45, 2.75) is 43.7 Å². The summed E-state index contributed by atoms with van der Waals surface area (Å²) in [7, 11) is 0. The summed E-state index contributed by atoms with van der Waals surface area (Å²) >= 11 is 0. The highest BCUT2D eigenvalue weighted by atomic mass is 35.5. The second-order valence-electron chi connectivity index (χ2n) is 3.59. The molecule has 1 spiro atoms. The molecule has 2 rings (SSSR count). The minimum Gasteiger partial charge on any atom is -0.391 e. The fourth-order valence-electron chi connectivity index (χ4n) is 2.38. The number of aliphatic hydroxyl groups is 1. The van der Waals surface area contributed by atoms with Crippen molar-refractivity contribution in [1.82, 2.24) is 5.32 Å². The van der Waals surface area contributed by atoms with Gasteiger partial charge in [-0.05, 0) is 38.6 Å². The van der Waals surface area contributed by atoms with Gasteiger partial charge in [0.15, 0.2) is 0 Å². The average Bonchev–Trinajstić information content (AvgIpc) is 2.48. The normalized spacial score (nSPS) is 42.8. The molecule has 0 aromatic rings. The number of halogens is 1. The number of hydrogen-bond donors (Lipinski definition) is 2. The van der Waals surface area contributed by atoms with Gasteiger partial charge in [0.25, 0.3) is 0 Å². The molecule has 0 unspecified atom stereocenters. The molecule has 0 amide bonds. The van der Waals surface area contributed by atoms with Gasteiger partial charge in [-0.1, -0.05) is 0 Å². The summed E-state index contributed by atoms with van der Waals surface area (Å²) in [4.78, 5) is 0. The summed E-state index contributed by atoms with van der Waals surface area (Å²) in [5, 5.41) is 13.0. The molecule has 0 bridgehead atoms. The van der Waals surface area contributed by atoms with E-state index >= 15 is 0 Å². The zero-order valence-corrected chi connectivity index (χ0v) is 7.49. The van der Waals surface area contributed by atoms with Crippen LogP contribution in [-0.4, -0.2) is 23.3 Å². The van der Waals surface area contributed by atoms with Crippen LogP contribution >= 0.6 is 12.4 Å². The molecule has 1 saturated carbocycles. The van der Waals surface area contributed by atoms with E-state index in [2.05, 4.69) is 5.32 Å². The molecular formula is C8H16ClNO. The van der Waals surface area contributed by atoms with Gasteiger partial charge in [-0.3, -0.25) is 0 Å². The highest BCUT2D eigenvalue weighted by Gasteiger charge is 2.43. The fraction of sp³-hybridized carbons (Fsp3) is 1.00. The van der Waals surface area contributed by atoms with E-state index in [1.165, 1.54) is 25.7 Å². The van der Waals surface area contributed by atoms with E-state index in [-0.39, 0.29) is 24.0 Å². The Morgan fingerprint density at radius 3 is 2.45 bits per heavy atom. The van der Waals surface area contributed by atoms with Crippen LogP contribution in [0.3, 0.4) is 0 Å². The quantitative estimate of drug-likeness (QED) is 0.581. The molecule has 0 aromatic heterocycles. The first-order chi connectivity index (χ1) is 4.83. The van der Waals surface area contributed by atoms with Crippen LogP contribution in [-0.2, 0) is 0 Å².